The van der Waals surface area contributed by atoms with Crippen LogP contribution in [-0.4, -0.2) is 43.9 Å². The molecule has 3 heterocycles. The van der Waals surface area contributed by atoms with Crippen molar-refractivity contribution in [2.45, 2.75) is 20.4 Å². The lowest BCUT2D eigenvalue weighted by Gasteiger charge is -2.11. The number of fused-ring (bicyclic) bond motifs is 3. The molecule has 9 nitrogen and oxygen atoms in total. The summed E-state index contributed by atoms with van der Waals surface area (Å²) >= 11 is 0. The van der Waals surface area contributed by atoms with Gasteiger partial charge in [0.1, 0.15) is 5.75 Å². The normalized spacial score (nSPS) is 11.6. The van der Waals surface area contributed by atoms with Gasteiger partial charge in [0.05, 0.1) is 25.9 Å². The van der Waals surface area contributed by atoms with E-state index in [4.69, 9.17) is 9.47 Å². The summed E-state index contributed by atoms with van der Waals surface area (Å²) < 4.78 is 16.9. The third-order valence-corrected chi connectivity index (χ3v) is 5.36. The van der Waals surface area contributed by atoms with Crippen molar-refractivity contribution < 1.29 is 9.47 Å². The van der Waals surface area contributed by atoms with E-state index in [-0.39, 0.29) is 18.7 Å². The standard InChI is InChI=1S/C20H23N5O4/c1-12-13(2)25-16-17(22(3)20(27)23(18(16)26)10-11-28-4)21-19(25)24(12)14-8-6-7-9-15(14)29-5/h6-9H,10-11H2,1-5H3. The number of para-hydroxylation sites is 2. The Labute approximate surface area is 166 Å². The molecule has 0 aliphatic rings. The molecule has 4 aromatic rings. The topological polar surface area (TPSA) is 84.7 Å². The van der Waals surface area contributed by atoms with E-state index in [0.29, 0.717) is 22.7 Å². The number of hydrogen-bond acceptors (Lipinski definition) is 5. The van der Waals surface area contributed by atoms with Crippen molar-refractivity contribution >= 4 is 16.9 Å². The summed E-state index contributed by atoms with van der Waals surface area (Å²) in [4.78, 5) is 30.6. The van der Waals surface area contributed by atoms with Crippen LogP contribution in [0.15, 0.2) is 33.9 Å². The van der Waals surface area contributed by atoms with Crippen LogP contribution in [-0.2, 0) is 18.3 Å². The van der Waals surface area contributed by atoms with Gasteiger partial charge >= 0.3 is 5.69 Å². The molecule has 0 fully saturated rings. The predicted molar refractivity (Wildman–Crippen MR) is 109 cm³/mol. The number of imidazole rings is 2. The Hall–Kier alpha value is -3.33. The summed E-state index contributed by atoms with van der Waals surface area (Å²) in [6.45, 7) is 4.34. The minimum absolute atomic E-state index is 0.177. The fourth-order valence-electron chi connectivity index (χ4n) is 3.73. The van der Waals surface area contributed by atoms with Crippen LogP contribution in [0.1, 0.15) is 11.4 Å². The van der Waals surface area contributed by atoms with Crippen molar-refractivity contribution in [1.29, 1.82) is 0 Å². The molecular weight excluding hydrogens is 374 g/mol. The van der Waals surface area contributed by atoms with Gasteiger partial charge in [-0.2, -0.15) is 4.98 Å². The number of benzene rings is 1. The average molecular weight is 397 g/mol. The van der Waals surface area contributed by atoms with E-state index in [9.17, 15) is 9.59 Å². The van der Waals surface area contributed by atoms with Crippen molar-refractivity contribution in [2.24, 2.45) is 7.05 Å². The second-order valence-corrected chi connectivity index (χ2v) is 6.89. The van der Waals surface area contributed by atoms with Gasteiger partial charge in [-0.3, -0.25) is 22.9 Å². The van der Waals surface area contributed by atoms with Crippen LogP contribution in [0.3, 0.4) is 0 Å². The summed E-state index contributed by atoms with van der Waals surface area (Å²) in [6, 6.07) is 7.61. The second kappa shape index (κ2) is 6.93. The summed E-state index contributed by atoms with van der Waals surface area (Å²) in [5.41, 5.74) is 2.51. The highest BCUT2D eigenvalue weighted by molar-refractivity contribution is 5.77. The molecule has 0 saturated carbocycles. The number of aryl methyl sites for hydroxylation is 2. The molecule has 0 aliphatic heterocycles. The maximum Gasteiger partial charge on any atom is 0.332 e. The molecule has 9 heteroatoms. The smallest absolute Gasteiger partial charge is 0.332 e. The second-order valence-electron chi connectivity index (χ2n) is 6.89. The molecule has 1 aromatic carbocycles. The fraction of sp³-hybridized carbons (Fsp3) is 0.350. The fourth-order valence-corrected chi connectivity index (χ4v) is 3.73. The number of methoxy groups -OCH3 is 2. The van der Waals surface area contributed by atoms with Crippen molar-refractivity contribution in [2.75, 3.05) is 20.8 Å². The Morgan fingerprint density at radius 2 is 1.79 bits per heavy atom. The Kier molecular flexibility index (Phi) is 4.54. The van der Waals surface area contributed by atoms with Crippen LogP contribution in [0.2, 0.25) is 0 Å². The third-order valence-electron chi connectivity index (χ3n) is 5.36. The van der Waals surface area contributed by atoms with Gasteiger partial charge in [0.15, 0.2) is 11.2 Å². The molecule has 3 aromatic heterocycles. The number of hydrogen-bond donors (Lipinski definition) is 0. The Bertz CT molecular complexity index is 1360. The highest BCUT2D eigenvalue weighted by Crippen LogP contribution is 2.29. The quantitative estimate of drug-likeness (QED) is 0.508. The first-order valence-corrected chi connectivity index (χ1v) is 9.24. The van der Waals surface area contributed by atoms with Crippen LogP contribution in [0, 0.1) is 13.8 Å². The SMILES string of the molecule is COCCn1c(=O)c2c(nc3n(-c4ccccc4OC)c(C)c(C)n23)n(C)c1=O. The van der Waals surface area contributed by atoms with Gasteiger partial charge in [-0.1, -0.05) is 12.1 Å². The van der Waals surface area contributed by atoms with Gasteiger partial charge in [-0.25, -0.2) is 4.79 Å². The molecule has 0 aliphatic carbocycles. The van der Waals surface area contributed by atoms with Crippen LogP contribution in [0.25, 0.3) is 22.6 Å². The molecule has 29 heavy (non-hydrogen) atoms. The van der Waals surface area contributed by atoms with E-state index < -0.39 is 5.69 Å². The van der Waals surface area contributed by atoms with Crippen LogP contribution >= 0.6 is 0 Å². The highest BCUT2D eigenvalue weighted by Gasteiger charge is 2.24. The van der Waals surface area contributed by atoms with Gasteiger partial charge < -0.3 is 9.47 Å². The van der Waals surface area contributed by atoms with E-state index in [0.717, 1.165) is 17.1 Å². The molecule has 0 unspecified atom stereocenters. The molecule has 0 bridgehead atoms. The molecule has 152 valence electrons. The number of nitrogens with zero attached hydrogens (tertiary/aromatic N) is 5. The summed E-state index contributed by atoms with van der Waals surface area (Å²) in [6.07, 6.45) is 0. The zero-order valence-electron chi connectivity index (χ0n) is 17.1. The summed E-state index contributed by atoms with van der Waals surface area (Å²) in [5.74, 6) is 1.24. The molecule has 4 rings (SSSR count). The van der Waals surface area contributed by atoms with E-state index in [2.05, 4.69) is 4.98 Å². The lowest BCUT2D eigenvalue weighted by atomic mass is 10.2. The predicted octanol–water partition coefficient (Wildman–Crippen LogP) is 1.41. The maximum atomic E-state index is 13.2. The molecule has 0 radical (unpaired) electrons. The highest BCUT2D eigenvalue weighted by atomic mass is 16.5. The molecule has 0 N–H and O–H groups in total. The lowest BCUT2D eigenvalue weighted by Crippen LogP contribution is -2.40. The van der Waals surface area contributed by atoms with Gasteiger partial charge in [-0.05, 0) is 26.0 Å². The summed E-state index contributed by atoms with van der Waals surface area (Å²) in [5, 5.41) is 0. The maximum absolute atomic E-state index is 13.2. The van der Waals surface area contributed by atoms with Gasteiger partial charge in [0, 0.05) is 25.5 Å². The number of aromatic nitrogens is 5. The van der Waals surface area contributed by atoms with E-state index >= 15 is 0 Å². The molecule has 0 saturated heterocycles. The van der Waals surface area contributed by atoms with Crippen molar-refractivity contribution in [3.63, 3.8) is 0 Å². The van der Waals surface area contributed by atoms with E-state index in [1.54, 1.807) is 14.2 Å². The van der Waals surface area contributed by atoms with Gasteiger partial charge in [0.25, 0.3) is 5.56 Å². The minimum atomic E-state index is -0.418. The first-order chi connectivity index (χ1) is 13.9. The largest absolute Gasteiger partial charge is 0.495 e. The Morgan fingerprint density at radius 3 is 2.48 bits per heavy atom. The first kappa shape index (κ1) is 19.0. The zero-order chi connectivity index (χ0) is 20.9. The molecule has 0 atom stereocenters. The Morgan fingerprint density at radius 1 is 1.07 bits per heavy atom. The van der Waals surface area contributed by atoms with Crippen molar-refractivity contribution in [1.82, 2.24) is 23.1 Å². The average Bonchev–Trinajstić information content (AvgIpc) is 3.22. The van der Waals surface area contributed by atoms with Crippen molar-refractivity contribution in [3.05, 3.63) is 56.5 Å². The third kappa shape index (κ3) is 2.61. The summed E-state index contributed by atoms with van der Waals surface area (Å²) in [7, 11) is 4.77. The van der Waals surface area contributed by atoms with Gasteiger partial charge in [0.2, 0.25) is 5.78 Å². The lowest BCUT2D eigenvalue weighted by molar-refractivity contribution is 0.184. The van der Waals surface area contributed by atoms with Crippen LogP contribution < -0.4 is 16.0 Å². The zero-order valence-corrected chi connectivity index (χ0v) is 17.1. The number of rotatable bonds is 5. The van der Waals surface area contributed by atoms with Crippen LogP contribution in [0.4, 0.5) is 0 Å². The molecule has 0 amide bonds. The Balaban J connectivity index is 2.16. The minimum Gasteiger partial charge on any atom is -0.495 e. The van der Waals surface area contributed by atoms with Crippen LogP contribution in [0.5, 0.6) is 5.75 Å². The molecular formula is C20H23N5O4. The first-order valence-electron chi connectivity index (χ1n) is 9.24. The van der Waals surface area contributed by atoms with Crippen molar-refractivity contribution in [3.8, 4) is 11.4 Å². The van der Waals surface area contributed by atoms with E-state index in [1.165, 1.54) is 16.2 Å². The molecule has 0 spiro atoms. The monoisotopic (exact) mass is 397 g/mol. The number of ether oxygens (including phenoxy) is 2. The van der Waals surface area contributed by atoms with E-state index in [1.807, 2.05) is 47.1 Å². The van der Waals surface area contributed by atoms with Gasteiger partial charge in [-0.15, -0.1) is 0 Å².